The minimum atomic E-state index is -0.234. The zero-order valence-electron chi connectivity index (χ0n) is 10.4. The Balaban J connectivity index is 1.79. The summed E-state index contributed by atoms with van der Waals surface area (Å²) in [5.41, 5.74) is 1.10. The molecule has 0 radical (unpaired) electrons. The number of likely N-dealkylation sites (tertiary alicyclic amines) is 1. The molecule has 1 aromatic rings. The van der Waals surface area contributed by atoms with Crippen molar-refractivity contribution in [1.29, 1.82) is 0 Å². The van der Waals surface area contributed by atoms with Gasteiger partial charge in [-0.1, -0.05) is 12.1 Å². The van der Waals surface area contributed by atoms with E-state index in [2.05, 4.69) is 4.90 Å². The van der Waals surface area contributed by atoms with E-state index >= 15 is 0 Å². The Morgan fingerprint density at radius 3 is 2.78 bits per heavy atom. The summed E-state index contributed by atoms with van der Waals surface area (Å²) in [6.07, 6.45) is 1.87. The van der Waals surface area contributed by atoms with Gasteiger partial charge < -0.3 is 4.74 Å². The lowest BCUT2D eigenvalue weighted by Crippen LogP contribution is -2.26. The van der Waals surface area contributed by atoms with Crippen molar-refractivity contribution in [2.45, 2.75) is 24.8 Å². The quantitative estimate of drug-likeness (QED) is 0.737. The van der Waals surface area contributed by atoms with Crippen LogP contribution in [0.5, 0.6) is 5.75 Å². The summed E-state index contributed by atoms with van der Waals surface area (Å²) in [5, 5.41) is 0. The Kier molecular flexibility index (Phi) is 5.26. The van der Waals surface area contributed by atoms with Gasteiger partial charge >= 0.3 is 0 Å². The van der Waals surface area contributed by atoms with Crippen LogP contribution >= 0.6 is 11.6 Å². The van der Waals surface area contributed by atoms with Gasteiger partial charge in [0.1, 0.15) is 11.9 Å². The van der Waals surface area contributed by atoms with Crippen molar-refractivity contribution in [2.24, 2.45) is 0 Å². The molecule has 0 aromatic heterocycles. The summed E-state index contributed by atoms with van der Waals surface area (Å²) in [5.74, 6) is 1.42. The zero-order valence-corrected chi connectivity index (χ0v) is 11.2. The van der Waals surface area contributed by atoms with Crippen LogP contribution in [0, 0.1) is 0 Å². The highest BCUT2D eigenvalue weighted by Crippen LogP contribution is 2.19. The fourth-order valence-corrected chi connectivity index (χ4v) is 2.41. The standard InChI is InChI=1S/C14H19ClFNO/c15-10-12-2-4-13(5-3-12)18-14-6-9-17(11-14)8-1-7-16/h2-5,14H,1,6-11H2/t14-/m1/s1. The van der Waals surface area contributed by atoms with Crippen molar-refractivity contribution in [1.82, 2.24) is 4.90 Å². The molecule has 0 bridgehead atoms. The number of benzene rings is 1. The number of ether oxygens (including phenoxy) is 1. The molecule has 18 heavy (non-hydrogen) atoms. The molecule has 1 aliphatic heterocycles. The van der Waals surface area contributed by atoms with Crippen LogP contribution in [0.2, 0.25) is 0 Å². The number of halogens is 2. The lowest BCUT2D eigenvalue weighted by Gasteiger charge is -2.16. The molecule has 1 heterocycles. The molecule has 1 saturated heterocycles. The molecule has 2 rings (SSSR count). The van der Waals surface area contributed by atoms with Gasteiger partial charge in [-0.3, -0.25) is 9.29 Å². The predicted octanol–water partition coefficient (Wildman–Crippen LogP) is 3.24. The average molecular weight is 272 g/mol. The Hall–Kier alpha value is -0.800. The lowest BCUT2D eigenvalue weighted by atomic mass is 10.2. The molecule has 0 unspecified atom stereocenters. The van der Waals surface area contributed by atoms with Gasteiger partial charge in [-0.25, -0.2) is 0 Å². The largest absolute Gasteiger partial charge is 0.489 e. The first-order valence-electron chi connectivity index (χ1n) is 6.41. The third kappa shape index (κ3) is 3.85. The van der Waals surface area contributed by atoms with Crippen LogP contribution in [0.3, 0.4) is 0 Å². The van der Waals surface area contributed by atoms with Gasteiger partial charge in [0.2, 0.25) is 0 Å². The van der Waals surface area contributed by atoms with Crippen molar-refractivity contribution in [2.75, 3.05) is 26.3 Å². The minimum absolute atomic E-state index is 0.228. The SMILES string of the molecule is FCCCN1CC[C@@H](Oc2ccc(CCl)cc2)C1. The smallest absolute Gasteiger partial charge is 0.119 e. The van der Waals surface area contributed by atoms with E-state index in [1.165, 1.54) is 0 Å². The highest BCUT2D eigenvalue weighted by atomic mass is 35.5. The molecule has 0 N–H and O–H groups in total. The number of nitrogens with zero attached hydrogens (tertiary/aromatic N) is 1. The predicted molar refractivity (Wildman–Crippen MR) is 72.1 cm³/mol. The van der Waals surface area contributed by atoms with Gasteiger partial charge in [0, 0.05) is 25.5 Å². The van der Waals surface area contributed by atoms with Gasteiger partial charge in [0.15, 0.2) is 0 Å². The van der Waals surface area contributed by atoms with E-state index < -0.39 is 0 Å². The van der Waals surface area contributed by atoms with Crippen LogP contribution in [0.1, 0.15) is 18.4 Å². The van der Waals surface area contributed by atoms with Crippen molar-refractivity contribution < 1.29 is 9.13 Å². The second-order valence-electron chi connectivity index (χ2n) is 4.65. The molecule has 1 fully saturated rings. The van der Waals surface area contributed by atoms with E-state index in [4.69, 9.17) is 16.3 Å². The molecule has 4 heteroatoms. The van der Waals surface area contributed by atoms with Gasteiger partial charge in [-0.2, -0.15) is 0 Å². The fourth-order valence-electron chi connectivity index (χ4n) is 2.23. The highest BCUT2D eigenvalue weighted by molar-refractivity contribution is 6.17. The first-order chi connectivity index (χ1) is 8.81. The summed E-state index contributed by atoms with van der Waals surface area (Å²) in [6, 6.07) is 7.89. The molecule has 100 valence electrons. The number of hydrogen-bond donors (Lipinski definition) is 0. The fraction of sp³-hybridized carbons (Fsp3) is 0.571. The normalized spacial score (nSPS) is 20.2. The maximum Gasteiger partial charge on any atom is 0.119 e. The molecule has 1 aromatic carbocycles. The Morgan fingerprint density at radius 1 is 1.33 bits per heavy atom. The summed E-state index contributed by atoms with van der Waals surface area (Å²) < 4.78 is 18.0. The molecular weight excluding hydrogens is 253 g/mol. The molecule has 0 saturated carbocycles. The van der Waals surface area contributed by atoms with Gasteiger partial charge in [-0.15, -0.1) is 11.6 Å². The number of rotatable bonds is 6. The molecule has 1 aliphatic rings. The topological polar surface area (TPSA) is 12.5 Å². The van der Waals surface area contributed by atoms with Crippen molar-refractivity contribution in [3.8, 4) is 5.75 Å². The summed E-state index contributed by atoms with van der Waals surface area (Å²) in [4.78, 5) is 2.26. The molecule has 2 nitrogen and oxygen atoms in total. The second-order valence-corrected chi connectivity index (χ2v) is 4.92. The monoisotopic (exact) mass is 271 g/mol. The first-order valence-corrected chi connectivity index (χ1v) is 6.95. The van der Waals surface area contributed by atoms with Crippen LogP contribution < -0.4 is 4.74 Å². The van der Waals surface area contributed by atoms with E-state index in [9.17, 15) is 4.39 Å². The van der Waals surface area contributed by atoms with Crippen molar-refractivity contribution in [3.05, 3.63) is 29.8 Å². The highest BCUT2D eigenvalue weighted by Gasteiger charge is 2.23. The minimum Gasteiger partial charge on any atom is -0.489 e. The summed E-state index contributed by atoms with van der Waals surface area (Å²) in [6.45, 7) is 2.51. The van der Waals surface area contributed by atoms with E-state index in [1.807, 2.05) is 24.3 Å². The molecular formula is C14H19ClFNO. The van der Waals surface area contributed by atoms with E-state index in [1.54, 1.807) is 0 Å². The molecule has 0 aliphatic carbocycles. The second kappa shape index (κ2) is 6.95. The third-order valence-corrected chi connectivity index (χ3v) is 3.53. The Bertz CT molecular complexity index is 357. The average Bonchev–Trinajstić information content (AvgIpc) is 2.85. The van der Waals surface area contributed by atoms with Crippen LogP contribution in [-0.2, 0) is 5.88 Å². The number of hydrogen-bond acceptors (Lipinski definition) is 2. The Labute approximate surface area is 113 Å². The van der Waals surface area contributed by atoms with E-state index in [0.29, 0.717) is 12.3 Å². The van der Waals surface area contributed by atoms with E-state index in [-0.39, 0.29) is 12.8 Å². The van der Waals surface area contributed by atoms with Crippen molar-refractivity contribution >= 4 is 11.6 Å². The van der Waals surface area contributed by atoms with Gasteiger partial charge in [0.25, 0.3) is 0 Å². The van der Waals surface area contributed by atoms with Gasteiger partial charge in [0.05, 0.1) is 6.67 Å². The maximum atomic E-state index is 12.1. The first kappa shape index (κ1) is 13.6. The molecule has 1 atom stereocenters. The van der Waals surface area contributed by atoms with Crippen molar-refractivity contribution in [3.63, 3.8) is 0 Å². The third-order valence-electron chi connectivity index (χ3n) is 3.22. The zero-order chi connectivity index (χ0) is 12.8. The van der Waals surface area contributed by atoms with Crippen LogP contribution in [0.25, 0.3) is 0 Å². The van der Waals surface area contributed by atoms with Gasteiger partial charge in [-0.05, 0) is 30.5 Å². The summed E-state index contributed by atoms with van der Waals surface area (Å²) >= 11 is 5.74. The Morgan fingerprint density at radius 2 is 2.11 bits per heavy atom. The lowest BCUT2D eigenvalue weighted by molar-refractivity contribution is 0.198. The number of alkyl halides is 2. The van der Waals surface area contributed by atoms with Crippen LogP contribution in [0.4, 0.5) is 4.39 Å². The molecule has 0 amide bonds. The summed E-state index contributed by atoms with van der Waals surface area (Å²) in [7, 11) is 0. The van der Waals surface area contributed by atoms with E-state index in [0.717, 1.165) is 37.4 Å². The molecule has 0 spiro atoms. The van der Waals surface area contributed by atoms with Crippen LogP contribution in [-0.4, -0.2) is 37.3 Å². The van der Waals surface area contributed by atoms with Crippen LogP contribution in [0.15, 0.2) is 24.3 Å². The maximum absolute atomic E-state index is 12.1.